The molecule has 0 bridgehead atoms. The van der Waals surface area contributed by atoms with Crippen LogP contribution in [0.5, 0.6) is 5.75 Å². The number of nitrogens with zero attached hydrogens (tertiary/aromatic N) is 5. The number of halogens is 1. The number of ether oxygens (including phenoxy) is 1. The summed E-state index contributed by atoms with van der Waals surface area (Å²) in [6.07, 6.45) is 0. The topological polar surface area (TPSA) is 97.7 Å². The van der Waals surface area contributed by atoms with Gasteiger partial charge in [0, 0.05) is 42.3 Å². The van der Waals surface area contributed by atoms with Crippen molar-refractivity contribution in [3.05, 3.63) is 70.9 Å². The molecule has 0 saturated carbocycles. The minimum atomic E-state index is -0.134. The van der Waals surface area contributed by atoms with Crippen LogP contribution in [0.1, 0.15) is 22.1 Å². The fourth-order valence-electron chi connectivity index (χ4n) is 3.94. The molecule has 0 aliphatic carbocycles. The second kappa shape index (κ2) is 9.89. The highest BCUT2D eigenvalue weighted by atomic mass is 35.5. The van der Waals surface area contributed by atoms with Gasteiger partial charge < -0.3 is 18.6 Å². The van der Waals surface area contributed by atoms with Gasteiger partial charge in [0.1, 0.15) is 11.5 Å². The lowest BCUT2D eigenvalue weighted by Crippen LogP contribution is -2.48. The molecule has 2 aromatic heterocycles. The van der Waals surface area contributed by atoms with Gasteiger partial charge in [-0.1, -0.05) is 16.8 Å². The van der Waals surface area contributed by atoms with Gasteiger partial charge in [-0.05, 0) is 55.5 Å². The van der Waals surface area contributed by atoms with Gasteiger partial charge in [-0.25, -0.2) is 4.98 Å². The van der Waals surface area contributed by atoms with Crippen LogP contribution in [0.2, 0.25) is 5.02 Å². The van der Waals surface area contributed by atoms with Crippen molar-refractivity contribution in [2.75, 3.05) is 33.3 Å². The van der Waals surface area contributed by atoms with Crippen molar-refractivity contribution in [1.82, 2.24) is 24.9 Å². The first-order chi connectivity index (χ1) is 17.0. The fraction of sp³-hybridized carbons (Fsp3) is 0.280. The first-order valence-corrected chi connectivity index (χ1v) is 11.6. The molecular weight excluding hydrogens is 470 g/mol. The van der Waals surface area contributed by atoms with E-state index in [9.17, 15) is 4.79 Å². The van der Waals surface area contributed by atoms with Crippen molar-refractivity contribution in [3.8, 4) is 28.6 Å². The van der Waals surface area contributed by atoms with Crippen molar-refractivity contribution >= 4 is 17.5 Å². The quantitative estimate of drug-likeness (QED) is 0.391. The summed E-state index contributed by atoms with van der Waals surface area (Å²) in [6, 6.07) is 14.7. The van der Waals surface area contributed by atoms with Crippen LogP contribution < -0.4 is 4.74 Å². The number of hydrogen-bond donors (Lipinski definition) is 0. The molecule has 0 atom stereocenters. The zero-order valence-corrected chi connectivity index (χ0v) is 20.2. The van der Waals surface area contributed by atoms with Gasteiger partial charge in [0.25, 0.3) is 5.91 Å². The van der Waals surface area contributed by atoms with E-state index in [0.29, 0.717) is 66.8 Å². The van der Waals surface area contributed by atoms with Crippen LogP contribution in [0.25, 0.3) is 22.8 Å². The van der Waals surface area contributed by atoms with E-state index in [2.05, 4.69) is 20.0 Å². The maximum Gasteiger partial charge on any atom is 0.276 e. The number of carbonyl (C=O) groups is 1. The summed E-state index contributed by atoms with van der Waals surface area (Å²) in [7, 11) is 1.63. The Balaban J connectivity index is 1.18. The van der Waals surface area contributed by atoms with Gasteiger partial charge in [0.05, 0.1) is 13.7 Å². The number of rotatable bonds is 6. The van der Waals surface area contributed by atoms with Crippen LogP contribution in [0, 0.1) is 6.92 Å². The zero-order chi connectivity index (χ0) is 24.4. The Bertz CT molecular complexity index is 1310. The van der Waals surface area contributed by atoms with E-state index < -0.39 is 0 Å². The van der Waals surface area contributed by atoms with E-state index in [1.165, 1.54) is 0 Å². The molecule has 5 rings (SSSR count). The molecular formula is C25H24ClN5O4. The molecule has 10 heteroatoms. The molecule has 0 spiro atoms. The van der Waals surface area contributed by atoms with E-state index in [0.717, 1.165) is 16.9 Å². The maximum atomic E-state index is 13.1. The summed E-state index contributed by atoms with van der Waals surface area (Å²) in [6.45, 7) is 4.79. The average molecular weight is 494 g/mol. The summed E-state index contributed by atoms with van der Waals surface area (Å²) in [4.78, 5) is 26.1. The molecule has 1 aliphatic heterocycles. The number of aryl methyl sites for hydroxylation is 1. The van der Waals surface area contributed by atoms with E-state index in [1.807, 2.05) is 36.4 Å². The first-order valence-electron chi connectivity index (χ1n) is 11.2. The van der Waals surface area contributed by atoms with Crippen LogP contribution in [0.3, 0.4) is 0 Å². The first kappa shape index (κ1) is 23.1. The Morgan fingerprint density at radius 2 is 1.69 bits per heavy atom. The van der Waals surface area contributed by atoms with Crippen molar-refractivity contribution < 1.29 is 18.5 Å². The lowest BCUT2D eigenvalue weighted by molar-refractivity contribution is 0.0608. The predicted molar refractivity (Wildman–Crippen MR) is 129 cm³/mol. The number of carbonyl (C=O) groups excluding carboxylic acids is 1. The predicted octanol–water partition coefficient (Wildman–Crippen LogP) is 4.32. The van der Waals surface area contributed by atoms with E-state index in [1.54, 1.807) is 31.1 Å². The second-order valence-electron chi connectivity index (χ2n) is 8.24. The summed E-state index contributed by atoms with van der Waals surface area (Å²) in [5.41, 5.74) is 1.97. The van der Waals surface area contributed by atoms with Crippen LogP contribution in [0.4, 0.5) is 0 Å². The third-order valence-corrected chi connectivity index (χ3v) is 6.18. The molecule has 2 aromatic carbocycles. The molecule has 0 N–H and O–H groups in total. The lowest BCUT2D eigenvalue weighted by Gasteiger charge is -2.33. The number of benzene rings is 2. The Morgan fingerprint density at radius 3 is 2.37 bits per heavy atom. The van der Waals surface area contributed by atoms with Crippen LogP contribution in [-0.2, 0) is 6.54 Å². The summed E-state index contributed by atoms with van der Waals surface area (Å²) >= 11 is 5.96. The van der Waals surface area contributed by atoms with E-state index in [4.69, 9.17) is 25.3 Å². The second-order valence-corrected chi connectivity index (χ2v) is 8.68. The Morgan fingerprint density at radius 1 is 1.00 bits per heavy atom. The Kier molecular flexibility index (Phi) is 6.52. The van der Waals surface area contributed by atoms with Gasteiger partial charge in [0.15, 0.2) is 5.69 Å². The number of piperazine rings is 1. The Hall–Kier alpha value is -3.69. The molecule has 180 valence electrons. The number of aromatic nitrogens is 3. The number of methoxy groups -OCH3 is 1. The van der Waals surface area contributed by atoms with E-state index in [-0.39, 0.29) is 5.91 Å². The SMILES string of the molecule is COc1ccc(-c2noc(CN3CCN(C(=O)c4nc(-c5ccc(Cl)cc5)oc4C)CC3)n2)cc1. The molecule has 35 heavy (non-hydrogen) atoms. The third kappa shape index (κ3) is 5.06. The number of hydrogen-bond acceptors (Lipinski definition) is 8. The van der Waals surface area contributed by atoms with Gasteiger partial charge in [-0.3, -0.25) is 9.69 Å². The zero-order valence-electron chi connectivity index (χ0n) is 19.4. The highest BCUT2D eigenvalue weighted by molar-refractivity contribution is 6.30. The van der Waals surface area contributed by atoms with Gasteiger partial charge >= 0.3 is 0 Å². The lowest BCUT2D eigenvalue weighted by atomic mass is 10.2. The molecule has 4 aromatic rings. The van der Waals surface area contributed by atoms with Crippen molar-refractivity contribution in [1.29, 1.82) is 0 Å². The molecule has 1 aliphatic rings. The van der Waals surface area contributed by atoms with Crippen molar-refractivity contribution in [2.45, 2.75) is 13.5 Å². The monoisotopic (exact) mass is 493 g/mol. The van der Waals surface area contributed by atoms with Gasteiger partial charge in [-0.2, -0.15) is 4.98 Å². The van der Waals surface area contributed by atoms with Gasteiger partial charge in [-0.15, -0.1) is 0 Å². The average Bonchev–Trinajstić information content (AvgIpc) is 3.51. The molecule has 0 radical (unpaired) electrons. The standard InChI is InChI=1S/C25H24ClN5O4/c1-16-22(28-24(34-16)18-3-7-19(26)8-4-18)25(32)31-13-11-30(12-14-31)15-21-27-23(29-35-21)17-5-9-20(33-2)10-6-17/h3-10H,11-15H2,1-2H3. The molecule has 0 unspecified atom stereocenters. The molecule has 1 amide bonds. The molecule has 1 fully saturated rings. The number of oxazole rings is 1. The highest BCUT2D eigenvalue weighted by Gasteiger charge is 2.27. The van der Waals surface area contributed by atoms with Crippen molar-refractivity contribution in [3.63, 3.8) is 0 Å². The van der Waals surface area contributed by atoms with Crippen LogP contribution >= 0.6 is 11.6 Å². The fourth-order valence-corrected chi connectivity index (χ4v) is 4.06. The highest BCUT2D eigenvalue weighted by Crippen LogP contribution is 2.25. The minimum Gasteiger partial charge on any atom is -0.497 e. The smallest absolute Gasteiger partial charge is 0.276 e. The van der Waals surface area contributed by atoms with Crippen LogP contribution in [0.15, 0.2) is 57.5 Å². The molecule has 9 nitrogen and oxygen atoms in total. The van der Waals surface area contributed by atoms with E-state index >= 15 is 0 Å². The Labute approximate surface area is 207 Å². The maximum absolute atomic E-state index is 13.1. The van der Waals surface area contributed by atoms with Crippen LogP contribution in [-0.4, -0.2) is 64.1 Å². The number of amides is 1. The third-order valence-electron chi connectivity index (χ3n) is 5.93. The summed E-state index contributed by atoms with van der Waals surface area (Å²) in [5, 5.41) is 4.72. The molecule has 3 heterocycles. The summed E-state index contributed by atoms with van der Waals surface area (Å²) in [5.74, 6) is 2.62. The minimum absolute atomic E-state index is 0.134. The summed E-state index contributed by atoms with van der Waals surface area (Å²) < 4.78 is 16.4. The van der Waals surface area contributed by atoms with Crippen molar-refractivity contribution in [2.24, 2.45) is 0 Å². The largest absolute Gasteiger partial charge is 0.497 e. The van der Waals surface area contributed by atoms with Gasteiger partial charge in [0.2, 0.25) is 17.6 Å². The normalized spacial score (nSPS) is 14.3. The molecule has 1 saturated heterocycles.